The number of hydrazine groups is 1. The van der Waals surface area contributed by atoms with Crippen molar-refractivity contribution < 1.29 is 14.3 Å². The lowest BCUT2D eigenvalue weighted by Crippen LogP contribution is -2.41. The number of ether oxygens (including phenoxy) is 1. The molecule has 1 rings (SSSR count). The normalized spacial score (nSPS) is 15.8. The Bertz CT molecular complexity index is 237. The number of rotatable bonds is 4. The molecule has 2 N–H and O–H groups in total. The van der Waals surface area contributed by atoms with Crippen LogP contribution in [0.25, 0.3) is 0 Å². The maximum absolute atomic E-state index is 11.3. The van der Waals surface area contributed by atoms with Crippen LogP contribution >= 0.6 is 0 Å². The van der Waals surface area contributed by atoms with Gasteiger partial charge in [-0.25, -0.2) is 10.2 Å². The zero-order valence-electron chi connectivity index (χ0n) is 9.75. The predicted octanol–water partition coefficient (Wildman–Crippen LogP) is 1.73. The SMILES string of the molecule is CCOC(=O)NNC(=O)CCC1CCCC1. The summed E-state index contributed by atoms with van der Waals surface area (Å²) >= 11 is 0. The molecular formula is C11H20N2O3. The summed E-state index contributed by atoms with van der Waals surface area (Å²) in [4.78, 5) is 22.2. The van der Waals surface area contributed by atoms with Crippen LogP contribution in [0.4, 0.5) is 4.79 Å². The summed E-state index contributed by atoms with van der Waals surface area (Å²) in [5.74, 6) is 0.535. The zero-order valence-corrected chi connectivity index (χ0v) is 9.75. The van der Waals surface area contributed by atoms with E-state index in [2.05, 4.69) is 15.6 Å². The van der Waals surface area contributed by atoms with E-state index in [1.807, 2.05) is 0 Å². The number of hydrogen-bond donors (Lipinski definition) is 2. The Morgan fingerprint density at radius 2 is 1.94 bits per heavy atom. The molecule has 1 saturated carbocycles. The first kappa shape index (κ1) is 12.8. The molecule has 0 aromatic heterocycles. The lowest BCUT2D eigenvalue weighted by atomic mass is 10.0. The minimum atomic E-state index is -0.614. The lowest BCUT2D eigenvalue weighted by molar-refractivity contribution is -0.122. The minimum absolute atomic E-state index is 0.153. The summed E-state index contributed by atoms with van der Waals surface area (Å²) in [5.41, 5.74) is 4.53. The van der Waals surface area contributed by atoms with Gasteiger partial charge in [-0.3, -0.25) is 10.2 Å². The van der Waals surface area contributed by atoms with Crippen molar-refractivity contribution in [2.24, 2.45) is 5.92 Å². The third kappa shape index (κ3) is 5.00. The number of amides is 2. The van der Waals surface area contributed by atoms with Crippen molar-refractivity contribution in [3.8, 4) is 0 Å². The predicted molar refractivity (Wildman–Crippen MR) is 59.5 cm³/mol. The van der Waals surface area contributed by atoms with Crippen LogP contribution in [0.2, 0.25) is 0 Å². The van der Waals surface area contributed by atoms with E-state index in [4.69, 9.17) is 0 Å². The summed E-state index contributed by atoms with van der Waals surface area (Å²) in [7, 11) is 0. The second-order valence-corrected chi connectivity index (χ2v) is 4.08. The van der Waals surface area contributed by atoms with Crippen molar-refractivity contribution in [3.63, 3.8) is 0 Å². The second kappa shape index (κ2) is 7.09. The molecule has 0 aliphatic heterocycles. The third-order valence-electron chi connectivity index (χ3n) is 2.83. The average molecular weight is 228 g/mol. The van der Waals surface area contributed by atoms with Gasteiger partial charge < -0.3 is 4.74 Å². The fourth-order valence-corrected chi connectivity index (χ4v) is 1.98. The van der Waals surface area contributed by atoms with E-state index in [1.54, 1.807) is 6.92 Å². The van der Waals surface area contributed by atoms with Crippen molar-refractivity contribution in [1.29, 1.82) is 0 Å². The summed E-state index contributed by atoms with van der Waals surface area (Å²) in [6, 6.07) is 0. The van der Waals surface area contributed by atoms with Crippen LogP contribution in [0, 0.1) is 5.92 Å². The van der Waals surface area contributed by atoms with Gasteiger partial charge in [-0.2, -0.15) is 0 Å². The fraction of sp³-hybridized carbons (Fsp3) is 0.818. The van der Waals surface area contributed by atoms with Crippen LogP contribution < -0.4 is 10.9 Å². The first-order valence-corrected chi connectivity index (χ1v) is 5.94. The molecule has 5 nitrogen and oxygen atoms in total. The molecule has 0 heterocycles. The van der Waals surface area contributed by atoms with Gasteiger partial charge in [0.2, 0.25) is 5.91 Å². The van der Waals surface area contributed by atoms with Gasteiger partial charge in [0, 0.05) is 6.42 Å². The van der Waals surface area contributed by atoms with E-state index in [0.29, 0.717) is 18.9 Å². The average Bonchev–Trinajstić information content (AvgIpc) is 2.77. The smallest absolute Gasteiger partial charge is 0.426 e. The monoisotopic (exact) mass is 228 g/mol. The van der Waals surface area contributed by atoms with Crippen molar-refractivity contribution in [3.05, 3.63) is 0 Å². The van der Waals surface area contributed by atoms with E-state index >= 15 is 0 Å². The largest absolute Gasteiger partial charge is 0.449 e. The molecule has 1 fully saturated rings. The van der Waals surface area contributed by atoms with Gasteiger partial charge in [-0.1, -0.05) is 25.7 Å². The van der Waals surface area contributed by atoms with Crippen molar-refractivity contribution in [1.82, 2.24) is 10.9 Å². The molecule has 0 aromatic carbocycles. The Kier molecular flexibility index (Phi) is 5.67. The van der Waals surface area contributed by atoms with Crippen LogP contribution in [0.1, 0.15) is 45.4 Å². The molecular weight excluding hydrogens is 208 g/mol. The minimum Gasteiger partial charge on any atom is -0.449 e. The van der Waals surface area contributed by atoms with Gasteiger partial charge in [0.05, 0.1) is 6.61 Å². The highest BCUT2D eigenvalue weighted by Gasteiger charge is 2.16. The van der Waals surface area contributed by atoms with Crippen LogP contribution in [0.3, 0.4) is 0 Å². The summed E-state index contributed by atoms with van der Waals surface area (Å²) < 4.78 is 4.61. The van der Waals surface area contributed by atoms with Crippen LogP contribution in [0.15, 0.2) is 0 Å². The van der Waals surface area contributed by atoms with Gasteiger partial charge >= 0.3 is 6.09 Å². The van der Waals surface area contributed by atoms with E-state index in [-0.39, 0.29) is 5.91 Å². The van der Waals surface area contributed by atoms with Gasteiger partial charge in [0.1, 0.15) is 0 Å². The van der Waals surface area contributed by atoms with Crippen molar-refractivity contribution in [2.45, 2.75) is 45.4 Å². The second-order valence-electron chi connectivity index (χ2n) is 4.08. The van der Waals surface area contributed by atoms with Gasteiger partial charge in [-0.15, -0.1) is 0 Å². The molecule has 0 radical (unpaired) electrons. The molecule has 1 aliphatic rings. The van der Waals surface area contributed by atoms with E-state index in [0.717, 1.165) is 6.42 Å². The Balaban J connectivity index is 2.04. The maximum atomic E-state index is 11.3. The van der Waals surface area contributed by atoms with Crippen molar-refractivity contribution in [2.75, 3.05) is 6.61 Å². The first-order chi connectivity index (χ1) is 7.72. The molecule has 5 heteroatoms. The molecule has 0 bridgehead atoms. The number of carbonyl (C=O) groups is 2. The number of hydrogen-bond acceptors (Lipinski definition) is 3. The standard InChI is InChI=1S/C11H20N2O3/c1-2-16-11(15)13-12-10(14)8-7-9-5-3-4-6-9/h9H,2-8H2,1H3,(H,12,14)(H,13,15). The van der Waals surface area contributed by atoms with Crippen LogP contribution in [0.5, 0.6) is 0 Å². The van der Waals surface area contributed by atoms with E-state index < -0.39 is 6.09 Å². The molecule has 1 aliphatic carbocycles. The molecule has 0 atom stereocenters. The molecule has 0 unspecified atom stereocenters. The maximum Gasteiger partial charge on any atom is 0.426 e. The highest BCUT2D eigenvalue weighted by Crippen LogP contribution is 2.28. The quantitative estimate of drug-likeness (QED) is 0.720. The fourth-order valence-electron chi connectivity index (χ4n) is 1.98. The lowest BCUT2D eigenvalue weighted by Gasteiger charge is -2.09. The Labute approximate surface area is 95.9 Å². The van der Waals surface area contributed by atoms with E-state index in [9.17, 15) is 9.59 Å². The summed E-state index contributed by atoms with van der Waals surface area (Å²) in [5, 5.41) is 0. The van der Waals surface area contributed by atoms with Crippen LogP contribution in [-0.4, -0.2) is 18.6 Å². The Morgan fingerprint density at radius 3 is 2.56 bits per heavy atom. The Morgan fingerprint density at radius 1 is 1.25 bits per heavy atom. The molecule has 0 saturated heterocycles. The molecule has 16 heavy (non-hydrogen) atoms. The number of nitrogens with one attached hydrogen (secondary N) is 2. The van der Waals surface area contributed by atoms with Gasteiger partial charge in [-0.05, 0) is 19.3 Å². The highest BCUT2D eigenvalue weighted by molar-refractivity contribution is 5.78. The molecule has 2 amide bonds. The summed E-state index contributed by atoms with van der Waals surface area (Å²) in [6.45, 7) is 2.01. The molecule has 92 valence electrons. The third-order valence-corrected chi connectivity index (χ3v) is 2.83. The van der Waals surface area contributed by atoms with E-state index in [1.165, 1.54) is 25.7 Å². The number of carbonyl (C=O) groups excluding carboxylic acids is 2. The van der Waals surface area contributed by atoms with Gasteiger partial charge in [0.25, 0.3) is 0 Å². The summed E-state index contributed by atoms with van der Waals surface area (Å²) in [6.07, 6.45) is 5.81. The molecule has 0 spiro atoms. The van der Waals surface area contributed by atoms with Crippen LogP contribution in [-0.2, 0) is 9.53 Å². The highest BCUT2D eigenvalue weighted by atomic mass is 16.5. The molecule has 0 aromatic rings. The van der Waals surface area contributed by atoms with Crippen molar-refractivity contribution >= 4 is 12.0 Å². The topological polar surface area (TPSA) is 67.4 Å². The Hall–Kier alpha value is -1.26. The zero-order chi connectivity index (χ0) is 11.8. The van der Waals surface area contributed by atoms with Gasteiger partial charge in [0.15, 0.2) is 0 Å². The first-order valence-electron chi connectivity index (χ1n) is 5.94.